The molecule has 3 rings (SSSR count). The quantitative estimate of drug-likeness (QED) is 0.809. The monoisotopic (exact) mass is 362 g/mol. The molecule has 6 heteroatoms. The first kappa shape index (κ1) is 18.0. The van der Waals surface area contributed by atoms with Crippen LogP contribution in [0.1, 0.15) is 30.9 Å². The van der Waals surface area contributed by atoms with Crippen LogP contribution in [-0.4, -0.2) is 23.4 Å². The third kappa shape index (κ3) is 3.45. The molecule has 1 atom stereocenters. The highest BCUT2D eigenvalue weighted by atomic mass is 19.4. The van der Waals surface area contributed by atoms with Crippen LogP contribution in [0.2, 0.25) is 0 Å². The highest BCUT2D eigenvalue weighted by Crippen LogP contribution is 2.39. The Hall–Kier alpha value is -2.76. The summed E-state index contributed by atoms with van der Waals surface area (Å²) in [6, 6.07) is 12.6. The molecule has 2 aromatic carbocycles. The Labute approximate surface area is 148 Å². The van der Waals surface area contributed by atoms with E-state index in [9.17, 15) is 18.0 Å². The number of carboxylic acids is 1. The molecule has 136 valence electrons. The molecule has 0 aromatic heterocycles. The van der Waals surface area contributed by atoms with Crippen LogP contribution < -0.4 is 4.74 Å². The summed E-state index contributed by atoms with van der Waals surface area (Å²) in [5.41, 5.74) is 2.31. The molecular formula is C20H17F3O3. The molecule has 0 fully saturated rings. The predicted octanol–water partition coefficient (Wildman–Crippen LogP) is 5.27. The van der Waals surface area contributed by atoms with Gasteiger partial charge in [-0.1, -0.05) is 44.2 Å². The molecular weight excluding hydrogens is 345 g/mol. The number of benzene rings is 2. The normalized spacial score (nSPS) is 16.7. The lowest BCUT2D eigenvalue weighted by Crippen LogP contribution is -2.40. The van der Waals surface area contributed by atoms with Crippen molar-refractivity contribution in [2.24, 2.45) is 0 Å². The maximum atomic E-state index is 13.1. The number of alkyl halides is 3. The first-order chi connectivity index (χ1) is 12.2. The second kappa shape index (κ2) is 6.52. The van der Waals surface area contributed by atoms with Gasteiger partial charge in [0.25, 0.3) is 0 Å². The van der Waals surface area contributed by atoms with Gasteiger partial charge in [0.05, 0.1) is 5.57 Å². The van der Waals surface area contributed by atoms with Crippen molar-refractivity contribution in [1.29, 1.82) is 0 Å². The molecule has 0 saturated carbocycles. The van der Waals surface area contributed by atoms with E-state index >= 15 is 0 Å². The van der Waals surface area contributed by atoms with Gasteiger partial charge in [-0.05, 0) is 40.8 Å². The number of hydrogen-bond donors (Lipinski definition) is 1. The van der Waals surface area contributed by atoms with E-state index in [4.69, 9.17) is 9.84 Å². The van der Waals surface area contributed by atoms with E-state index < -0.39 is 23.8 Å². The van der Waals surface area contributed by atoms with Gasteiger partial charge in [-0.15, -0.1) is 0 Å². The van der Waals surface area contributed by atoms with Crippen LogP contribution in [0.3, 0.4) is 0 Å². The molecule has 2 aromatic rings. The molecule has 0 saturated heterocycles. The van der Waals surface area contributed by atoms with E-state index in [0.29, 0.717) is 11.5 Å². The molecule has 0 radical (unpaired) electrons. The standard InChI is InChI=1S/C20H17F3O3/c1-11(2)12-4-3-5-13(8-12)14-6-7-17-15(9-14)10-16(19(24)25)18(26-17)20(21,22)23/h3-11,18H,1-2H3,(H,24,25). The number of ether oxygens (including phenoxy) is 1. The molecule has 1 heterocycles. The van der Waals surface area contributed by atoms with Gasteiger partial charge in [-0.3, -0.25) is 0 Å². The van der Waals surface area contributed by atoms with Crippen molar-refractivity contribution in [1.82, 2.24) is 0 Å². The van der Waals surface area contributed by atoms with E-state index in [1.165, 1.54) is 6.07 Å². The maximum absolute atomic E-state index is 13.1. The second-order valence-corrected chi connectivity index (χ2v) is 6.48. The van der Waals surface area contributed by atoms with E-state index in [-0.39, 0.29) is 5.75 Å². The van der Waals surface area contributed by atoms with Crippen LogP contribution in [0.15, 0.2) is 48.0 Å². The van der Waals surface area contributed by atoms with Crippen LogP contribution in [0.4, 0.5) is 13.2 Å². The molecule has 0 amide bonds. The lowest BCUT2D eigenvalue weighted by molar-refractivity contribution is -0.187. The van der Waals surface area contributed by atoms with Gasteiger partial charge in [0.15, 0.2) is 0 Å². The number of fused-ring (bicyclic) bond motifs is 1. The first-order valence-electron chi connectivity index (χ1n) is 8.09. The molecule has 1 aliphatic heterocycles. The van der Waals surface area contributed by atoms with Crippen molar-refractivity contribution in [3.63, 3.8) is 0 Å². The van der Waals surface area contributed by atoms with Crippen LogP contribution in [0, 0.1) is 0 Å². The molecule has 0 bridgehead atoms. The summed E-state index contributed by atoms with van der Waals surface area (Å²) >= 11 is 0. The fourth-order valence-electron chi connectivity index (χ4n) is 2.88. The molecule has 1 aliphatic rings. The zero-order chi connectivity index (χ0) is 19.1. The SMILES string of the molecule is CC(C)c1cccc(-c2ccc3c(c2)C=C(C(=O)O)C(C(F)(F)F)O3)c1. The molecule has 26 heavy (non-hydrogen) atoms. The van der Waals surface area contributed by atoms with Crippen molar-refractivity contribution >= 4 is 12.0 Å². The zero-order valence-electron chi connectivity index (χ0n) is 14.2. The Morgan fingerprint density at radius 3 is 2.42 bits per heavy atom. The lowest BCUT2D eigenvalue weighted by Gasteiger charge is -2.27. The maximum Gasteiger partial charge on any atom is 0.430 e. The molecule has 0 spiro atoms. The van der Waals surface area contributed by atoms with Gasteiger partial charge in [0, 0.05) is 5.56 Å². The summed E-state index contributed by atoms with van der Waals surface area (Å²) < 4.78 is 44.2. The van der Waals surface area contributed by atoms with Gasteiger partial charge < -0.3 is 9.84 Å². The molecule has 0 aliphatic carbocycles. The molecule has 1 N–H and O–H groups in total. The van der Waals surface area contributed by atoms with E-state index in [1.807, 2.05) is 24.3 Å². The van der Waals surface area contributed by atoms with Crippen LogP contribution in [0.5, 0.6) is 5.75 Å². The summed E-state index contributed by atoms with van der Waals surface area (Å²) in [5.74, 6) is -1.30. The Balaban J connectivity index is 2.05. The minimum atomic E-state index is -4.80. The predicted molar refractivity (Wildman–Crippen MR) is 92.1 cm³/mol. The van der Waals surface area contributed by atoms with Gasteiger partial charge in [0.2, 0.25) is 6.10 Å². The summed E-state index contributed by atoms with van der Waals surface area (Å²) in [7, 11) is 0. The largest absolute Gasteiger partial charge is 0.478 e. The third-order valence-electron chi connectivity index (χ3n) is 4.28. The number of carbonyl (C=O) groups is 1. The van der Waals surface area contributed by atoms with Crippen molar-refractivity contribution in [2.45, 2.75) is 32.0 Å². The smallest absolute Gasteiger partial charge is 0.430 e. The van der Waals surface area contributed by atoms with Crippen LogP contribution in [-0.2, 0) is 4.79 Å². The molecule has 3 nitrogen and oxygen atoms in total. The number of halogens is 3. The van der Waals surface area contributed by atoms with E-state index in [0.717, 1.165) is 22.8 Å². The number of rotatable bonds is 3. The number of carboxylic acid groups (broad SMARTS) is 1. The van der Waals surface area contributed by atoms with E-state index in [2.05, 4.69) is 13.8 Å². The van der Waals surface area contributed by atoms with Crippen molar-refractivity contribution in [2.75, 3.05) is 0 Å². The van der Waals surface area contributed by atoms with E-state index in [1.54, 1.807) is 12.1 Å². The minimum absolute atomic E-state index is 0.0149. The van der Waals surface area contributed by atoms with Crippen molar-refractivity contribution in [3.05, 3.63) is 59.2 Å². The second-order valence-electron chi connectivity index (χ2n) is 6.48. The summed E-state index contributed by atoms with van der Waals surface area (Å²) in [6.07, 6.45) is -6.23. The number of hydrogen-bond acceptors (Lipinski definition) is 2. The Bertz CT molecular complexity index is 882. The highest BCUT2D eigenvalue weighted by molar-refractivity contribution is 5.95. The Morgan fingerprint density at radius 1 is 1.12 bits per heavy atom. The van der Waals surface area contributed by atoms with Crippen LogP contribution >= 0.6 is 0 Å². The van der Waals surface area contributed by atoms with Gasteiger partial charge in [-0.2, -0.15) is 13.2 Å². The third-order valence-corrected chi connectivity index (χ3v) is 4.28. The number of aliphatic carboxylic acids is 1. The minimum Gasteiger partial charge on any atom is -0.478 e. The van der Waals surface area contributed by atoms with Crippen LogP contribution in [0.25, 0.3) is 17.2 Å². The fraction of sp³-hybridized carbons (Fsp3) is 0.250. The van der Waals surface area contributed by atoms with Crippen molar-refractivity contribution < 1.29 is 27.8 Å². The summed E-state index contributed by atoms with van der Waals surface area (Å²) in [5, 5.41) is 9.13. The van der Waals surface area contributed by atoms with Gasteiger partial charge >= 0.3 is 12.1 Å². The fourth-order valence-corrected chi connectivity index (χ4v) is 2.88. The van der Waals surface area contributed by atoms with Gasteiger partial charge in [-0.25, -0.2) is 4.79 Å². The molecule has 1 unspecified atom stereocenters. The average molecular weight is 362 g/mol. The lowest BCUT2D eigenvalue weighted by atomic mass is 9.94. The average Bonchev–Trinajstić information content (AvgIpc) is 2.59. The Morgan fingerprint density at radius 2 is 1.81 bits per heavy atom. The summed E-state index contributed by atoms with van der Waals surface area (Å²) in [4.78, 5) is 11.2. The summed E-state index contributed by atoms with van der Waals surface area (Å²) in [6.45, 7) is 4.14. The highest BCUT2D eigenvalue weighted by Gasteiger charge is 2.48. The van der Waals surface area contributed by atoms with Gasteiger partial charge in [0.1, 0.15) is 5.75 Å². The first-order valence-corrected chi connectivity index (χ1v) is 8.09. The topological polar surface area (TPSA) is 46.5 Å². The zero-order valence-corrected chi connectivity index (χ0v) is 14.2. The Kier molecular flexibility index (Phi) is 4.52. The van der Waals surface area contributed by atoms with Crippen molar-refractivity contribution in [3.8, 4) is 16.9 Å².